The third-order valence-corrected chi connectivity index (χ3v) is 7.46. The van der Waals surface area contributed by atoms with Gasteiger partial charge in [-0.05, 0) is 64.1 Å². The topological polar surface area (TPSA) is 110 Å². The molecule has 1 aliphatic heterocycles. The van der Waals surface area contributed by atoms with Crippen molar-refractivity contribution in [1.82, 2.24) is 0 Å². The Bertz CT molecular complexity index is 1450. The van der Waals surface area contributed by atoms with Crippen molar-refractivity contribution >= 4 is 81.0 Å². The highest BCUT2D eigenvalue weighted by Crippen LogP contribution is 2.35. The van der Waals surface area contributed by atoms with Crippen molar-refractivity contribution in [2.75, 3.05) is 5.73 Å². The molecule has 222 valence electrons. The number of hydrogen-bond acceptors (Lipinski definition) is 6. The van der Waals surface area contributed by atoms with Crippen molar-refractivity contribution in [2.24, 2.45) is 0 Å². The predicted molar refractivity (Wildman–Crippen MR) is 165 cm³/mol. The zero-order valence-electron chi connectivity index (χ0n) is 22.2. The molecule has 0 spiro atoms. The number of alkyl halides is 1. The Morgan fingerprint density at radius 3 is 1.95 bits per heavy atom. The van der Waals surface area contributed by atoms with Crippen LogP contribution in [0.2, 0.25) is 0 Å². The van der Waals surface area contributed by atoms with Crippen LogP contribution in [0.25, 0.3) is 0 Å². The number of rotatable bonds is 3. The van der Waals surface area contributed by atoms with Gasteiger partial charge in [0.25, 0.3) is 0 Å². The molecule has 4 N–H and O–H groups in total. The average Bonchev–Trinajstić information content (AvgIpc) is 2.82. The van der Waals surface area contributed by atoms with Gasteiger partial charge >= 0.3 is 0 Å². The molecule has 0 unspecified atom stereocenters. The van der Waals surface area contributed by atoms with Crippen LogP contribution in [0.3, 0.4) is 0 Å². The number of nitrogen functional groups attached to an aromatic ring is 1. The molecule has 1 aliphatic rings. The fourth-order valence-corrected chi connectivity index (χ4v) is 4.82. The number of phenolic OH excluding ortho intramolecular Hbond substituents is 2. The Balaban J connectivity index is 0.000000221. The molecule has 4 rings (SSSR count). The fraction of sp³-hybridized carbons (Fsp3) is 0.286. The van der Waals surface area contributed by atoms with E-state index in [4.69, 9.17) is 15.6 Å². The summed E-state index contributed by atoms with van der Waals surface area (Å²) in [6.07, 6.45) is 0.207. The molecule has 0 saturated heterocycles. The second-order valence-electron chi connectivity index (χ2n) is 9.88. The van der Waals surface area contributed by atoms with Crippen LogP contribution >= 0.6 is 63.7 Å². The van der Waals surface area contributed by atoms with Gasteiger partial charge in [-0.15, -0.1) is 0 Å². The van der Waals surface area contributed by atoms with E-state index in [2.05, 4.69) is 63.7 Å². The molecule has 0 amide bonds. The first-order valence-electron chi connectivity index (χ1n) is 11.8. The second kappa shape index (κ2) is 13.9. The number of benzene rings is 3. The predicted octanol–water partition coefficient (Wildman–Crippen LogP) is 8.33. The lowest BCUT2D eigenvalue weighted by atomic mass is 9.93. The standard InChI is InChI=1S/C11H11Br2FO2.C11H10BrFO2.C6H5BrFNO/c1-11(2,13)9(15)4-6-3-7(12)5-8(14)10(6)16;1-11(2)9(14)4-6-3-7(12)5-8(13)10(6)15-11;7-3-1-4(8)6(10)5(9)2-3/h3,5,16H,4H2,1-2H3;3,5H,4H2,1-2H3;1-2,10H,9H2. The monoisotopic (exact) mass is 829 g/mol. The summed E-state index contributed by atoms with van der Waals surface area (Å²) < 4.78 is 45.5. The number of carbonyl (C=O) groups is 2. The summed E-state index contributed by atoms with van der Waals surface area (Å²) in [5, 5.41) is 18.3. The Hall–Kier alpha value is -2.09. The second-order valence-corrected chi connectivity index (χ2v) is 14.6. The molecule has 13 heteroatoms. The number of hydrogen-bond donors (Lipinski definition) is 3. The van der Waals surface area contributed by atoms with Crippen LogP contribution in [-0.4, -0.2) is 31.7 Å². The molecule has 0 fully saturated rings. The molecule has 41 heavy (non-hydrogen) atoms. The molecule has 0 aliphatic carbocycles. The first-order chi connectivity index (χ1) is 18.7. The summed E-state index contributed by atoms with van der Waals surface area (Å²) in [6, 6.07) is 8.32. The van der Waals surface area contributed by atoms with Gasteiger partial charge in [-0.25, -0.2) is 13.2 Å². The van der Waals surface area contributed by atoms with Gasteiger partial charge < -0.3 is 20.7 Å². The van der Waals surface area contributed by atoms with Gasteiger partial charge in [0.1, 0.15) is 0 Å². The number of aromatic hydroxyl groups is 2. The van der Waals surface area contributed by atoms with E-state index >= 15 is 0 Å². The maximum Gasteiger partial charge on any atom is 0.180 e. The highest BCUT2D eigenvalue weighted by Gasteiger charge is 2.36. The van der Waals surface area contributed by atoms with Crippen LogP contribution in [0.5, 0.6) is 17.2 Å². The van der Waals surface area contributed by atoms with Crippen LogP contribution in [0.4, 0.5) is 18.9 Å². The zero-order chi connectivity index (χ0) is 31.4. The van der Waals surface area contributed by atoms with Gasteiger partial charge in [0.2, 0.25) is 0 Å². The number of Topliss-reactive ketones (excluding diaryl/α,β-unsaturated/α-hetero) is 2. The third kappa shape index (κ3) is 9.72. The van der Waals surface area contributed by atoms with Crippen molar-refractivity contribution in [3.63, 3.8) is 0 Å². The van der Waals surface area contributed by atoms with E-state index in [-0.39, 0.29) is 41.4 Å². The van der Waals surface area contributed by atoms with Crippen LogP contribution < -0.4 is 10.5 Å². The Kier molecular flexibility index (Phi) is 11.9. The lowest BCUT2D eigenvalue weighted by Crippen LogP contribution is -2.43. The van der Waals surface area contributed by atoms with Crippen LogP contribution in [0, 0.1) is 17.5 Å². The van der Waals surface area contributed by atoms with Crippen LogP contribution in [-0.2, 0) is 22.4 Å². The van der Waals surface area contributed by atoms with Crippen molar-refractivity contribution in [3.8, 4) is 17.2 Å². The fourth-order valence-electron chi connectivity index (χ4n) is 3.28. The van der Waals surface area contributed by atoms with Gasteiger partial charge in [0, 0.05) is 37.4 Å². The average molecular weight is 833 g/mol. The maximum absolute atomic E-state index is 13.5. The lowest BCUT2D eigenvalue weighted by Gasteiger charge is -2.31. The number of carbonyl (C=O) groups excluding carboxylic acids is 2. The summed E-state index contributed by atoms with van der Waals surface area (Å²) in [7, 11) is 0. The SMILES string of the molecule is CC(C)(Br)C(=O)Cc1cc(Br)cc(F)c1O.CC1(C)Oc2c(F)cc(Br)cc2CC1=O.Nc1cc(Br)cc(F)c1O. The van der Waals surface area contributed by atoms with Crippen molar-refractivity contribution in [1.29, 1.82) is 0 Å². The molecule has 0 saturated carbocycles. The smallest absolute Gasteiger partial charge is 0.180 e. The summed E-state index contributed by atoms with van der Waals surface area (Å²) >= 11 is 12.5. The van der Waals surface area contributed by atoms with Gasteiger partial charge in [-0.2, -0.15) is 0 Å². The molecular formula is C28H26Br4F3NO5. The molecule has 3 aromatic rings. The van der Waals surface area contributed by atoms with E-state index in [1.807, 2.05) is 0 Å². The first-order valence-corrected chi connectivity index (χ1v) is 14.9. The summed E-state index contributed by atoms with van der Waals surface area (Å²) in [5.41, 5.74) is 5.19. The first kappa shape index (κ1) is 35.1. The van der Waals surface area contributed by atoms with E-state index in [1.165, 1.54) is 18.2 Å². The van der Waals surface area contributed by atoms with Gasteiger partial charge in [0.15, 0.2) is 51.9 Å². The van der Waals surface area contributed by atoms with Crippen LogP contribution in [0.15, 0.2) is 49.8 Å². The summed E-state index contributed by atoms with van der Waals surface area (Å²) in [4.78, 5) is 23.4. The van der Waals surface area contributed by atoms with Crippen LogP contribution in [0.1, 0.15) is 38.8 Å². The summed E-state index contributed by atoms with van der Waals surface area (Å²) in [5.74, 6) is -2.80. The Labute approximate surface area is 269 Å². The molecule has 0 atom stereocenters. The van der Waals surface area contributed by atoms with E-state index in [0.717, 1.165) is 12.1 Å². The minimum absolute atomic E-state index is 0.0134. The highest BCUT2D eigenvalue weighted by atomic mass is 79.9. The largest absolute Gasteiger partial charge is 0.505 e. The minimum atomic E-state index is -0.929. The molecular weight excluding hydrogens is 807 g/mol. The molecule has 6 nitrogen and oxygen atoms in total. The Morgan fingerprint density at radius 1 is 0.927 bits per heavy atom. The number of anilines is 1. The summed E-state index contributed by atoms with van der Waals surface area (Å²) in [6.45, 7) is 6.72. The minimum Gasteiger partial charge on any atom is -0.505 e. The molecule has 0 aromatic heterocycles. The Morgan fingerprint density at radius 2 is 1.41 bits per heavy atom. The van der Waals surface area contributed by atoms with E-state index < -0.39 is 38.9 Å². The van der Waals surface area contributed by atoms with E-state index in [1.54, 1.807) is 33.8 Å². The number of ether oxygens (including phenoxy) is 1. The number of halogens is 7. The number of fused-ring (bicyclic) bond motifs is 1. The van der Waals surface area contributed by atoms with Gasteiger partial charge in [-0.1, -0.05) is 63.7 Å². The number of phenols is 2. The van der Waals surface area contributed by atoms with Crippen molar-refractivity contribution < 1.29 is 37.7 Å². The molecule has 3 aromatic carbocycles. The highest BCUT2D eigenvalue weighted by molar-refractivity contribution is 9.11. The van der Waals surface area contributed by atoms with Gasteiger partial charge in [-0.3, -0.25) is 9.59 Å². The number of ketones is 2. The normalized spacial score (nSPS) is 13.6. The third-order valence-electron chi connectivity index (χ3n) is 5.64. The van der Waals surface area contributed by atoms with E-state index in [0.29, 0.717) is 19.0 Å². The van der Waals surface area contributed by atoms with E-state index in [9.17, 15) is 27.9 Å². The lowest BCUT2D eigenvalue weighted by molar-refractivity contribution is -0.133. The van der Waals surface area contributed by atoms with Crippen molar-refractivity contribution in [2.45, 2.75) is 50.5 Å². The van der Waals surface area contributed by atoms with Crippen molar-refractivity contribution in [3.05, 3.63) is 78.4 Å². The molecule has 1 heterocycles. The maximum atomic E-state index is 13.5. The quantitative estimate of drug-likeness (QED) is 0.139. The molecule has 0 radical (unpaired) electrons. The zero-order valence-corrected chi connectivity index (χ0v) is 28.6. The molecule has 0 bridgehead atoms. The van der Waals surface area contributed by atoms with Gasteiger partial charge in [0.05, 0.1) is 10.0 Å². The number of nitrogens with two attached hydrogens (primary N) is 1.